The van der Waals surface area contributed by atoms with Crippen molar-refractivity contribution in [3.05, 3.63) is 12.2 Å². The molecule has 0 aliphatic heterocycles. The van der Waals surface area contributed by atoms with Gasteiger partial charge in [0.1, 0.15) is 0 Å². The van der Waals surface area contributed by atoms with Crippen LogP contribution in [0.4, 0.5) is 4.79 Å². The first-order valence-corrected chi connectivity index (χ1v) is 6.12. The van der Waals surface area contributed by atoms with Crippen LogP contribution in [-0.2, 0) is 4.79 Å². The molecule has 0 rings (SSSR count). The summed E-state index contributed by atoms with van der Waals surface area (Å²) in [5.74, 6) is -0.306. The summed E-state index contributed by atoms with van der Waals surface area (Å²) in [6, 6.07) is -0.459. The Bertz CT molecular complexity index is 319. The number of likely N-dealkylation sites (N-methyl/N-ethyl adjacent to an activating group) is 1. The number of rotatable bonds is 5. The van der Waals surface area contributed by atoms with E-state index in [1.807, 2.05) is 39.5 Å². The van der Waals surface area contributed by atoms with E-state index < -0.39 is 6.03 Å². The molecule has 0 spiro atoms. The van der Waals surface area contributed by atoms with Crippen molar-refractivity contribution in [3.63, 3.8) is 0 Å². The van der Waals surface area contributed by atoms with Gasteiger partial charge in [-0.2, -0.15) is 0 Å². The van der Waals surface area contributed by atoms with Crippen molar-refractivity contribution in [2.75, 3.05) is 19.6 Å². The molecule has 3 amide bonds. The number of hydrogen-bond donors (Lipinski definition) is 2. The predicted octanol–water partition coefficient (Wildman–Crippen LogP) is 1.51. The molecule has 0 aliphatic rings. The Morgan fingerprint density at radius 2 is 1.78 bits per heavy atom. The van der Waals surface area contributed by atoms with E-state index in [0.29, 0.717) is 6.54 Å². The molecular weight excluding hydrogens is 230 g/mol. The third kappa shape index (κ3) is 8.75. The third-order valence-corrected chi connectivity index (χ3v) is 2.05. The van der Waals surface area contributed by atoms with Crippen molar-refractivity contribution in [1.82, 2.24) is 15.5 Å². The number of nitrogens with one attached hydrogen (secondary N) is 2. The van der Waals surface area contributed by atoms with Gasteiger partial charge in [0.25, 0.3) is 0 Å². The fourth-order valence-corrected chi connectivity index (χ4v) is 1.40. The van der Waals surface area contributed by atoms with E-state index in [2.05, 4.69) is 17.2 Å². The van der Waals surface area contributed by atoms with Crippen LogP contribution in [0, 0.1) is 0 Å². The molecular formula is C13H25N3O2. The lowest BCUT2D eigenvalue weighted by Crippen LogP contribution is -2.50. The second-order valence-corrected chi connectivity index (χ2v) is 5.51. The highest BCUT2D eigenvalue weighted by molar-refractivity contribution is 5.95. The first-order valence-electron chi connectivity index (χ1n) is 6.12. The minimum Gasteiger partial charge on any atom is -0.333 e. The molecule has 0 aromatic carbocycles. The van der Waals surface area contributed by atoms with Gasteiger partial charge in [-0.05, 0) is 34.2 Å². The molecule has 0 bridgehead atoms. The highest BCUT2D eigenvalue weighted by Gasteiger charge is 2.16. The molecule has 5 nitrogen and oxygen atoms in total. The van der Waals surface area contributed by atoms with Crippen molar-refractivity contribution in [2.24, 2.45) is 0 Å². The van der Waals surface area contributed by atoms with E-state index in [1.54, 1.807) is 0 Å². The Kier molecular flexibility index (Phi) is 6.62. The van der Waals surface area contributed by atoms with Gasteiger partial charge in [-0.3, -0.25) is 15.0 Å². The highest BCUT2D eigenvalue weighted by Crippen LogP contribution is 1.98. The normalized spacial score (nSPS) is 11.2. The van der Waals surface area contributed by atoms with Gasteiger partial charge in [0.05, 0.1) is 6.54 Å². The van der Waals surface area contributed by atoms with Gasteiger partial charge >= 0.3 is 6.03 Å². The van der Waals surface area contributed by atoms with Gasteiger partial charge in [0, 0.05) is 12.1 Å². The second-order valence-electron chi connectivity index (χ2n) is 5.51. The van der Waals surface area contributed by atoms with Crippen molar-refractivity contribution in [1.29, 1.82) is 0 Å². The molecule has 0 saturated carbocycles. The van der Waals surface area contributed by atoms with Gasteiger partial charge in [0.15, 0.2) is 0 Å². The molecule has 0 radical (unpaired) electrons. The Morgan fingerprint density at radius 1 is 1.22 bits per heavy atom. The van der Waals surface area contributed by atoms with Gasteiger partial charge in [-0.15, -0.1) is 0 Å². The zero-order chi connectivity index (χ0) is 14.3. The fourth-order valence-electron chi connectivity index (χ4n) is 1.40. The first-order chi connectivity index (χ1) is 8.14. The second kappa shape index (κ2) is 7.16. The van der Waals surface area contributed by atoms with Gasteiger partial charge in [-0.1, -0.05) is 19.1 Å². The molecule has 2 N–H and O–H groups in total. The van der Waals surface area contributed by atoms with Crippen LogP contribution >= 0.6 is 0 Å². The number of urea groups is 1. The monoisotopic (exact) mass is 255 g/mol. The summed E-state index contributed by atoms with van der Waals surface area (Å²) < 4.78 is 0. The van der Waals surface area contributed by atoms with Crippen LogP contribution in [0.2, 0.25) is 0 Å². The molecule has 0 aliphatic carbocycles. The standard InChI is InChI=1S/C13H25N3O2/c1-7-16(8-10(2)3)9-11(17)14-12(18)15-13(4,5)6/h2,7-9H2,1,3-6H3,(H2,14,15,17,18). The number of hydrogen-bond acceptors (Lipinski definition) is 3. The minimum atomic E-state index is -0.459. The van der Waals surface area contributed by atoms with Crippen molar-refractivity contribution < 1.29 is 9.59 Å². The van der Waals surface area contributed by atoms with Crippen LogP contribution < -0.4 is 10.6 Å². The molecule has 0 unspecified atom stereocenters. The van der Waals surface area contributed by atoms with Crippen LogP contribution in [0.3, 0.4) is 0 Å². The SMILES string of the molecule is C=C(C)CN(CC)CC(=O)NC(=O)NC(C)(C)C. The Labute approximate surface area is 110 Å². The Hall–Kier alpha value is -1.36. The first kappa shape index (κ1) is 16.6. The largest absolute Gasteiger partial charge is 0.333 e. The summed E-state index contributed by atoms with van der Waals surface area (Å²) >= 11 is 0. The van der Waals surface area contributed by atoms with Crippen molar-refractivity contribution in [2.45, 2.75) is 40.2 Å². The van der Waals surface area contributed by atoms with Crippen LogP contribution in [0.15, 0.2) is 12.2 Å². The van der Waals surface area contributed by atoms with E-state index in [-0.39, 0.29) is 18.0 Å². The zero-order valence-electron chi connectivity index (χ0n) is 12.1. The van der Waals surface area contributed by atoms with E-state index in [0.717, 1.165) is 12.1 Å². The molecule has 0 saturated heterocycles. The molecule has 5 heteroatoms. The maximum absolute atomic E-state index is 11.6. The topological polar surface area (TPSA) is 61.4 Å². The lowest BCUT2D eigenvalue weighted by atomic mass is 10.1. The van der Waals surface area contributed by atoms with Crippen LogP contribution in [0.1, 0.15) is 34.6 Å². The van der Waals surface area contributed by atoms with Crippen LogP contribution in [-0.4, -0.2) is 42.0 Å². The number of carbonyl (C=O) groups excluding carboxylic acids is 2. The highest BCUT2D eigenvalue weighted by atomic mass is 16.2. The molecule has 0 fully saturated rings. The summed E-state index contributed by atoms with van der Waals surface area (Å²) in [6.45, 7) is 14.8. The summed E-state index contributed by atoms with van der Waals surface area (Å²) in [5, 5.41) is 4.99. The number of nitrogens with zero attached hydrogens (tertiary/aromatic N) is 1. The average molecular weight is 255 g/mol. The maximum Gasteiger partial charge on any atom is 0.321 e. The Balaban J connectivity index is 4.17. The Morgan fingerprint density at radius 3 is 2.17 bits per heavy atom. The molecule has 0 atom stereocenters. The summed E-state index contributed by atoms with van der Waals surface area (Å²) in [4.78, 5) is 25.0. The number of carbonyl (C=O) groups is 2. The summed E-state index contributed by atoms with van der Waals surface area (Å²) in [7, 11) is 0. The lowest BCUT2D eigenvalue weighted by Gasteiger charge is -2.22. The fraction of sp³-hybridized carbons (Fsp3) is 0.692. The smallest absolute Gasteiger partial charge is 0.321 e. The van der Waals surface area contributed by atoms with E-state index in [4.69, 9.17) is 0 Å². The van der Waals surface area contributed by atoms with Gasteiger partial charge < -0.3 is 5.32 Å². The average Bonchev–Trinajstić information content (AvgIpc) is 2.12. The van der Waals surface area contributed by atoms with Gasteiger partial charge in [0.2, 0.25) is 5.91 Å². The predicted molar refractivity (Wildman–Crippen MR) is 73.4 cm³/mol. The lowest BCUT2D eigenvalue weighted by molar-refractivity contribution is -0.121. The summed E-state index contributed by atoms with van der Waals surface area (Å²) in [6.07, 6.45) is 0. The third-order valence-electron chi connectivity index (χ3n) is 2.05. The minimum absolute atomic E-state index is 0.195. The van der Waals surface area contributed by atoms with Crippen molar-refractivity contribution in [3.8, 4) is 0 Å². The van der Waals surface area contributed by atoms with Crippen molar-refractivity contribution >= 4 is 11.9 Å². The van der Waals surface area contributed by atoms with E-state index >= 15 is 0 Å². The summed E-state index contributed by atoms with van der Waals surface area (Å²) in [5.41, 5.74) is 0.635. The number of imide groups is 1. The van der Waals surface area contributed by atoms with E-state index in [9.17, 15) is 9.59 Å². The van der Waals surface area contributed by atoms with Crippen LogP contribution in [0.25, 0.3) is 0 Å². The molecule has 0 aromatic rings. The van der Waals surface area contributed by atoms with Gasteiger partial charge in [-0.25, -0.2) is 4.79 Å². The van der Waals surface area contributed by atoms with E-state index in [1.165, 1.54) is 0 Å². The molecule has 0 aromatic heterocycles. The number of amides is 3. The molecule has 18 heavy (non-hydrogen) atoms. The van der Waals surface area contributed by atoms with Crippen LogP contribution in [0.5, 0.6) is 0 Å². The zero-order valence-corrected chi connectivity index (χ0v) is 12.1. The molecule has 104 valence electrons. The quantitative estimate of drug-likeness (QED) is 0.732. The maximum atomic E-state index is 11.6. The molecule has 0 heterocycles.